The van der Waals surface area contributed by atoms with Crippen molar-refractivity contribution in [2.45, 2.75) is 48.7 Å². The van der Waals surface area contributed by atoms with Crippen molar-refractivity contribution in [2.24, 2.45) is 0 Å². The summed E-state index contributed by atoms with van der Waals surface area (Å²) in [5, 5.41) is 81.7. The fourth-order valence-electron chi connectivity index (χ4n) is 5.12. The van der Waals surface area contributed by atoms with E-state index in [2.05, 4.69) is 0 Å². The molecular weight excluding hydrogens is 660 g/mol. The van der Waals surface area contributed by atoms with E-state index in [1.165, 1.54) is 54.6 Å². The van der Waals surface area contributed by atoms with Gasteiger partial charge in [0.05, 0.1) is 18.8 Å². The maximum absolute atomic E-state index is 12.5. The number of allylic oxidation sites excluding steroid dienone is 1. The highest BCUT2D eigenvalue weighted by atomic mass is 16.8. The SMILES string of the molecule is O=C(/C=C/c1ccc(O)cc1)OC[C@@]1(O)CO[C@@H](O[C@H]2[C@H](Oc3ccc(/C=C/C(=O)c4ccc(O)cc4O)cc3)O[C@H](CO)[C@@H](O)[C@@H]2O)[C@@H]1O. The largest absolute Gasteiger partial charge is 0.508 e. The minimum absolute atomic E-state index is 0.00591. The molecule has 0 aromatic heterocycles. The summed E-state index contributed by atoms with van der Waals surface area (Å²) >= 11 is 0. The normalized spacial score (nSPS) is 28.2. The molecule has 15 heteroatoms. The molecule has 2 aliphatic rings. The van der Waals surface area contributed by atoms with Crippen LogP contribution >= 0.6 is 0 Å². The van der Waals surface area contributed by atoms with E-state index >= 15 is 0 Å². The lowest BCUT2D eigenvalue weighted by Gasteiger charge is -2.42. The number of ether oxygens (including phenoxy) is 5. The molecule has 0 spiro atoms. The summed E-state index contributed by atoms with van der Waals surface area (Å²) in [7, 11) is 0. The molecule has 3 aromatic carbocycles. The fraction of sp³-hybridized carbons (Fsp3) is 0.314. The quantitative estimate of drug-likeness (QED) is 0.0735. The van der Waals surface area contributed by atoms with Gasteiger partial charge in [0, 0.05) is 12.1 Å². The first-order chi connectivity index (χ1) is 23.9. The van der Waals surface area contributed by atoms with E-state index < -0.39 is 80.3 Å². The van der Waals surface area contributed by atoms with Crippen LogP contribution in [0.25, 0.3) is 12.2 Å². The monoisotopic (exact) mass is 696 g/mol. The van der Waals surface area contributed by atoms with Crippen LogP contribution in [0.1, 0.15) is 21.5 Å². The van der Waals surface area contributed by atoms with E-state index in [1.54, 1.807) is 24.3 Å². The van der Waals surface area contributed by atoms with E-state index in [0.29, 0.717) is 11.1 Å². The van der Waals surface area contributed by atoms with Crippen LogP contribution in [0.4, 0.5) is 0 Å². The summed E-state index contributed by atoms with van der Waals surface area (Å²) in [5.41, 5.74) is -0.960. The molecule has 2 heterocycles. The third-order valence-electron chi connectivity index (χ3n) is 8.00. The van der Waals surface area contributed by atoms with E-state index in [-0.39, 0.29) is 28.6 Å². The van der Waals surface area contributed by atoms with Gasteiger partial charge in [0.25, 0.3) is 0 Å². The van der Waals surface area contributed by atoms with Crippen molar-refractivity contribution in [3.05, 3.63) is 95.6 Å². The third-order valence-corrected chi connectivity index (χ3v) is 8.00. The molecule has 0 saturated carbocycles. The van der Waals surface area contributed by atoms with Crippen molar-refractivity contribution in [3.63, 3.8) is 0 Å². The zero-order valence-corrected chi connectivity index (χ0v) is 26.3. The van der Waals surface area contributed by atoms with Crippen molar-refractivity contribution < 1.29 is 74.1 Å². The van der Waals surface area contributed by atoms with Gasteiger partial charge in [-0.2, -0.15) is 0 Å². The minimum atomic E-state index is -2.11. The molecule has 8 atom stereocenters. The second-order valence-corrected chi connectivity index (χ2v) is 11.7. The molecule has 266 valence electrons. The van der Waals surface area contributed by atoms with Gasteiger partial charge in [-0.25, -0.2) is 4.79 Å². The first kappa shape index (κ1) is 36.4. The van der Waals surface area contributed by atoms with Crippen molar-refractivity contribution >= 4 is 23.9 Å². The number of rotatable bonds is 12. The number of ketones is 1. The molecule has 50 heavy (non-hydrogen) atoms. The lowest BCUT2D eigenvalue weighted by Crippen LogP contribution is -2.62. The van der Waals surface area contributed by atoms with Gasteiger partial charge in [0.2, 0.25) is 6.29 Å². The van der Waals surface area contributed by atoms with Crippen LogP contribution in [0, 0.1) is 0 Å². The lowest BCUT2D eigenvalue weighted by atomic mass is 9.98. The predicted octanol–water partition coefficient (Wildman–Crippen LogP) is 0.607. The van der Waals surface area contributed by atoms with Gasteiger partial charge in [0.15, 0.2) is 23.8 Å². The molecule has 2 aliphatic heterocycles. The van der Waals surface area contributed by atoms with Crippen molar-refractivity contribution in [2.75, 3.05) is 19.8 Å². The molecule has 3 aromatic rings. The fourth-order valence-corrected chi connectivity index (χ4v) is 5.12. The van der Waals surface area contributed by atoms with Gasteiger partial charge in [-0.1, -0.05) is 30.3 Å². The van der Waals surface area contributed by atoms with E-state index in [9.17, 15) is 50.4 Å². The molecule has 0 bridgehead atoms. The van der Waals surface area contributed by atoms with E-state index in [0.717, 1.165) is 12.1 Å². The second kappa shape index (κ2) is 15.8. The Morgan fingerprint density at radius 1 is 0.840 bits per heavy atom. The molecule has 0 amide bonds. The molecule has 0 unspecified atom stereocenters. The second-order valence-electron chi connectivity index (χ2n) is 11.7. The Kier molecular flexibility index (Phi) is 11.5. The van der Waals surface area contributed by atoms with Gasteiger partial charge >= 0.3 is 5.97 Å². The smallest absolute Gasteiger partial charge is 0.330 e. The van der Waals surface area contributed by atoms with Crippen molar-refractivity contribution in [1.29, 1.82) is 0 Å². The van der Waals surface area contributed by atoms with Crippen LogP contribution in [-0.2, 0) is 23.7 Å². The number of aliphatic hydroxyl groups excluding tert-OH is 4. The summed E-state index contributed by atoms with van der Waals surface area (Å²) in [6.45, 7) is -1.91. The average molecular weight is 697 g/mol. The molecule has 15 nitrogen and oxygen atoms in total. The van der Waals surface area contributed by atoms with Crippen LogP contribution in [-0.4, -0.2) is 121 Å². The Morgan fingerprint density at radius 2 is 1.48 bits per heavy atom. The number of phenolic OH excluding ortho intramolecular Hbond substituents is 3. The molecule has 5 rings (SSSR count). The topological polar surface area (TPSA) is 242 Å². The van der Waals surface area contributed by atoms with Gasteiger partial charge in [-0.15, -0.1) is 0 Å². The third kappa shape index (κ3) is 8.65. The molecule has 2 saturated heterocycles. The Labute approximate surface area is 285 Å². The number of hydrogen-bond donors (Lipinski definition) is 8. The predicted molar refractivity (Wildman–Crippen MR) is 172 cm³/mol. The first-order valence-electron chi connectivity index (χ1n) is 15.3. The molecular formula is C35H36O15. The van der Waals surface area contributed by atoms with E-state index in [4.69, 9.17) is 23.7 Å². The minimum Gasteiger partial charge on any atom is -0.508 e. The molecule has 0 radical (unpaired) electrons. The van der Waals surface area contributed by atoms with Crippen LogP contribution in [0.3, 0.4) is 0 Å². The lowest BCUT2D eigenvalue weighted by molar-refractivity contribution is -0.318. The Hall–Kier alpha value is -4.84. The highest BCUT2D eigenvalue weighted by Gasteiger charge is 2.54. The first-order valence-corrected chi connectivity index (χ1v) is 15.3. The number of carbonyl (C=O) groups is 2. The summed E-state index contributed by atoms with van der Waals surface area (Å²) in [6.07, 6.45) is -5.81. The summed E-state index contributed by atoms with van der Waals surface area (Å²) in [5.74, 6) is -1.68. The standard InChI is InChI=1S/C35H36O15/c36-16-27-29(42)30(43)31(50-34-32(44)35(45,18-47-34)17-46-28(41)14-6-19-1-7-21(37)8-2-19)33(49-27)48-23-10-3-20(4-11-23)5-13-25(39)24-12-9-22(38)15-26(24)40/h1-15,27,29-34,36-38,40,42-45H,16-18H2/b13-5+,14-6+/t27-,29-,30+,31-,32+,33-,34+,35-/m1/s1. The van der Waals surface area contributed by atoms with Crippen LogP contribution in [0.15, 0.2) is 78.9 Å². The molecule has 0 aliphatic carbocycles. The van der Waals surface area contributed by atoms with Gasteiger partial charge in [-0.3, -0.25) is 4.79 Å². The Balaban J connectivity index is 1.21. The van der Waals surface area contributed by atoms with Gasteiger partial charge in [0.1, 0.15) is 54.0 Å². The number of phenols is 3. The number of aliphatic hydroxyl groups is 5. The zero-order chi connectivity index (χ0) is 36.0. The number of benzene rings is 3. The summed E-state index contributed by atoms with van der Waals surface area (Å²) in [6, 6.07) is 15.8. The van der Waals surface area contributed by atoms with Crippen molar-refractivity contribution in [1.82, 2.24) is 0 Å². The summed E-state index contributed by atoms with van der Waals surface area (Å²) < 4.78 is 27.8. The summed E-state index contributed by atoms with van der Waals surface area (Å²) in [4.78, 5) is 24.7. The molecule has 2 fully saturated rings. The number of hydrogen-bond acceptors (Lipinski definition) is 15. The van der Waals surface area contributed by atoms with Crippen LogP contribution in [0.5, 0.6) is 23.0 Å². The average Bonchev–Trinajstić information content (AvgIpc) is 3.38. The Morgan fingerprint density at radius 3 is 2.14 bits per heavy atom. The van der Waals surface area contributed by atoms with Gasteiger partial charge in [-0.05, 0) is 59.7 Å². The van der Waals surface area contributed by atoms with Crippen LogP contribution in [0.2, 0.25) is 0 Å². The number of aromatic hydroxyl groups is 3. The highest BCUT2D eigenvalue weighted by molar-refractivity contribution is 6.08. The number of esters is 1. The number of carbonyl (C=O) groups excluding carboxylic acids is 2. The van der Waals surface area contributed by atoms with E-state index in [1.807, 2.05) is 0 Å². The zero-order valence-electron chi connectivity index (χ0n) is 26.3. The maximum Gasteiger partial charge on any atom is 0.330 e. The highest BCUT2D eigenvalue weighted by Crippen LogP contribution is 2.33. The molecule has 8 N–H and O–H groups in total. The van der Waals surface area contributed by atoms with Crippen molar-refractivity contribution in [3.8, 4) is 23.0 Å². The maximum atomic E-state index is 12.5. The van der Waals surface area contributed by atoms with Crippen LogP contribution < -0.4 is 4.74 Å². The Bertz CT molecular complexity index is 1690. The van der Waals surface area contributed by atoms with Gasteiger partial charge < -0.3 is 64.5 Å².